The summed E-state index contributed by atoms with van der Waals surface area (Å²) >= 11 is 0. The van der Waals surface area contributed by atoms with E-state index in [9.17, 15) is 9.59 Å². The van der Waals surface area contributed by atoms with Crippen LogP contribution in [-0.4, -0.2) is 50.1 Å². The van der Waals surface area contributed by atoms with Crippen LogP contribution in [0.15, 0.2) is 24.3 Å². The van der Waals surface area contributed by atoms with Gasteiger partial charge in [-0.2, -0.15) is 0 Å². The molecule has 1 atom stereocenters. The Kier molecular flexibility index (Phi) is 5.16. The Bertz CT molecular complexity index is 501. The Hall–Kier alpha value is -2.08. The van der Waals surface area contributed by atoms with Crippen LogP contribution in [0.1, 0.15) is 12.8 Å². The number of nitrogens with zero attached hydrogens (tertiary/aromatic N) is 1. The Labute approximate surface area is 124 Å². The van der Waals surface area contributed by atoms with E-state index in [4.69, 9.17) is 9.47 Å². The highest BCUT2D eigenvalue weighted by molar-refractivity contribution is 6.06. The van der Waals surface area contributed by atoms with Crippen LogP contribution in [-0.2, 0) is 14.3 Å². The summed E-state index contributed by atoms with van der Waals surface area (Å²) in [4.78, 5) is 25.4. The van der Waals surface area contributed by atoms with E-state index in [-0.39, 0.29) is 18.2 Å². The molecule has 2 amide bonds. The van der Waals surface area contributed by atoms with Crippen molar-refractivity contribution in [2.24, 2.45) is 0 Å². The maximum Gasteiger partial charge on any atom is 0.252 e. The molecule has 1 saturated heterocycles. The van der Waals surface area contributed by atoms with Gasteiger partial charge in [0.25, 0.3) is 5.91 Å². The minimum Gasteiger partial charge on any atom is -0.497 e. The number of ether oxygens (including phenoxy) is 2. The summed E-state index contributed by atoms with van der Waals surface area (Å²) in [5, 5.41) is 3.09. The molecule has 1 fully saturated rings. The summed E-state index contributed by atoms with van der Waals surface area (Å²) in [7, 11) is 3.20. The molecule has 1 aromatic rings. The lowest BCUT2D eigenvalue weighted by Crippen LogP contribution is -2.35. The number of methoxy groups -OCH3 is 2. The van der Waals surface area contributed by atoms with Gasteiger partial charge in [0.2, 0.25) is 5.91 Å². The summed E-state index contributed by atoms with van der Waals surface area (Å²) in [6.07, 6.45) is 0.848. The molecule has 1 aliphatic rings. The first-order valence-electron chi connectivity index (χ1n) is 6.89. The smallest absolute Gasteiger partial charge is 0.252 e. The van der Waals surface area contributed by atoms with Crippen LogP contribution >= 0.6 is 0 Å². The maximum atomic E-state index is 12.2. The topological polar surface area (TPSA) is 67.9 Å². The van der Waals surface area contributed by atoms with Crippen LogP contribution in [0.25, 0.3) is 0 Å². The number of rotatable bonds is 7. The molecule has 0 aliphatic carbocycles. The normalized spacial score (nSPS) is 18.2. The monoisotopic (exact) mass is 292 g/mol. The molecule has 0 radical (unpaired) electrons. The summed E-state index contributed by atoms with van der Waals surface area (Å²) < 4.78 is 10.0. The van der Waals surface area contributed by atoms with Gasteiger partial charge in [-0.3, -0.25) is 14.5 Å². The van der Waals surface area contributed by atoms with Gasteiger partial charge in [0.15, 0.2) is 0 Å². The van der Waals surface area contributed by atoms with E-state index in [0.717, 1.165) is 11.4 Å². The molecule has 6 nitrogen and oxygen atoms in total. The zero-order chi connectivity index (χ0) is 15.2. The zero-order valence-electron chi connectivity index (χ0n) is 12.3. The molecule has 0 spiro atoms. The average Bonchev–Trinajstić information content (AvgIpc) is 2.75. The Balaban J connectivity index is 1.94. The standard InChI is InChI=1S/C15H20N2O4/c1-20-9-3-8-17-14(18)10-13(15(17)19)16-11-4-6-12(21-2)7-5-11/h4-7,13,16H,3,8-10H2,1-2H3/t13-/m1/s1. The number of imide groups is 1. The molecule has 114 valence electrons. The van der Waals surface area contributed by atoms with E-state index in [2.05, 4.69) is 5.32 Å². The number of carbonyl (C=O) groups is 2. The number of likely N-dealkylation sites (tertiary alicyclic amines) is 1. The summed E-state index contributed by atoms with van der Waals surface area (Å²) in [5.74, 6) is 0.435. The lowest BCUT2D eigenvalue weighted by Gasteiger charge is -2.16. The van der Waals surface area contributed by atoms with Gasteiger partial charge in [0.05, 0.1) is 13.5 Å². The quantitative estimate of drug-likeness (QED) is 0.605. The highest BCUT2D eigenvalue weighted by Crippen LogP contribution is 2.20. The van der Waals surface area contributed by atoms with Crippen molar-refractivity contribution < 1.29 is 19.1 Å². The van der Waals surface area contributed by atoms with Gasteiger partial charge in [-0.1, -0.05) is 0 Å². The molecular weight excluding hydrogens is 272 g/mol. The number of hydrogen-bond acceptors (Lipinski definition) is 5. The van der Waals surface area contributed by atoms with E-state index in [0.29, 0.717) is 19.6 Å². The lowest BCUT2D eigenvalue weighted by atomic mass is 10.2. The first kappa shape index (κ1) is 15.3. The van der Waals surface area contributed by atoms with Gasteiger partial charge in [-0.15, -0.1) is 0 Å². The molecular formula is C15H20N2O4. The number of benzene rings is 1. The SMILES string of the molecule is COCCCN1C(=O)C[C@@H](Nc2ccc(OC)cc2)C1=O. The largest absolute Gasteiger partial charge is 0.497 e. The maximum absolute atomic E-state index is 12.2. The molecule has 1 heterocycles. The zero-order valence-corrected chi connectivity index (χ0v) is 12.3. The van der Waals surface area contributed by atoms with E-state index in [1.165, 1.54) is 4.90 Å². The fourth-order valence-corrected chi connectivity index (χ4v) is 2.29. The van der Waals surface area contributed by atoms with E-state index in [1.54, 1.807) is 26.4 Å². The fourth-order valence-electron chi connectivity index (χ4n) is 2.29. The third-order valence-electron chi connectivity index (χ3n) is 3.41. The van der Waals surface area contributed by atoms with Crippen LogP contribution < -0.4 is 10.1 Å². The second-order valence-electron chi connectivity index (χ2n) is 4.86. The Morgan fingerprint density at radius 2 is 1.95 bits per heavy atom. The van der Waals surface area contributed by atoms with Gasteiger partial charge in [-0.25, -0.2) is 0 Å². The van der Waals surface area contributed by atoms with Crippen molar-refractivity contribution in [2.75, 3.05) is 32.7 Å². The van der Waals surface area contributed by atoms with Gasteiger partial charge in [0, 0.05) is 25.9 Å². The molecule has 6 heteroatoms. The summed E-state index contributed by atoms with van der Waals surface area (Å²) in [5.41, 5.74) is 0.792. The predicted octanol–water partition coefficient (Wildman–Crippen LogP) is 1.27. The molecule has 0 saturated carbocycles. The second kappa shape index (κ2) is 7.08. The van der Waals surface area contributed by atoms with E-state index < -0.39 is 6.04 Å². The number of anilines is 1. The first-order valence-corrected chi connectivity index (χ1v) is 6.89. The van der Waals surface area contributed by atoms with Crippen molar-refractivity contribution in [3.63, 3.8) is 0 Å². The number of hydrogen-bond donors (Lipinski definition) is 1. The van der Waals surface area contributed by atoms with Crippen molar-refractivity contribution in [3.05, 3.63) is 24.3 Å². The third kappa shape index (κ3) is 3.72. The van der Waals surface area contributed by atoms with Crippen molar-refractivity contribution in [1.29, 1.82) is 0 Å². The molecule has 0 unspecified atom stereocenters. The molecule has 21 heavy (non-hydrogen) atoms. The number of nitrogens with one attached hydrogen (secondary N) is 1. The van der Waals surface area contributed by atoms with Crippen LogP contribution in [0.3, 0.4) is 0 Å². The van der Waals surface area contributed by atoms with Gasteiger partial charge < -0.3 is 14.8 Å². The van der Waals surface area contributed by atoms with E-state index in [1.807, 2.05) is 12.1 Å². The van der Waals surface area contributed by atoms with Crippen molar-refractivity contribution in [3.8, 4) is 5.75 Å². The molecule has 0 bridgehead atoms. The van der Waals surface area contributed by atoms with Crippen LogP contribution in [0.2, 0.25) is 0 Å². The minimum atomic E-state index is -0.492. The van der Waals surface area contributed by atoms with Gasteiger partial charge >= 0.3 is 0 Å². The fraction of sp³-hybridized carbons (Fsp3) is 0.467. The molecule has 1 N–H and O–H groups in total. The predicted molar refractivity (Wildman–Crippen MR) is 78.2 cm³/mol. The lowest BCUT2D eigenvalue weighted by molar-refractivity contribution is -0.138. The second-order valence-corrected chi connectivity index (χ2v) is 4.86. The van der Waals surface area contributed by atoms with E-state index >= 15 is 0 Å². The number of amides is 2. The minimum absolute atomic E-state index is 0.137. The summed E-state index contributed by atoms with van der Waals surface area (Å²) in [6.45, 7) is 0.944. The summed E-state index contributed by atoms with van der Waals surface area (Å²) in [6, 6.07) is 6.77. The highest BCUT2D eigenvalue weighted by atomic mass is 16.5. The number of carbonyl (C=O) groups excluding carboxylic acids is 2. The Morgan fingerprint density at radius 1 is 1.24 bits per heavy atom. The van der Waals surface area contributed by atoms with Gasteiger partial charge in [-0.05, 0) is 30.7 Å². The average molecular weight is 292 g/mol. The van der Waals surface area contributed by atoms with Crippen LogP contribution in [0, 0.1) is 0 Å². The third-order valence-corrected chi connectivity index (χ3v) is 3.41. The van der Waals surface area contributed by atoms with Crippen molar-refractivity contribution >= 4 is 17.5 Å². The van der Waals surface area contributed by atoms with Crippen LogP contribution in [0.4, 0.5) is 5.69 Å². The molecule has 2 rings (SSSR count). The first-order chi connectivity index (χ1) is 10.2. The van der Waals surface area contributed by atoms with Crippen LogP contribution in [0.5, 0.6) is 5.75 Å². The molecule has 1 aliphatic heterocycles. The molecule has 1 aromatic carbocycles. The van der Waals surface area contributed by atoms with Gasteiger partial charge in [0.1, 0.15) is 11.8 Å². The molecule has 0 aromatic heterocycles. The van der Waals surface area contributed by atoms with Crippen molar-refractivity contribution in [2.45, 2.75) is 18.9 Å². The Morgan fingerprint density at radius 3 is 2.57 bits per heavy atom. The highest BCUT2D eigenvalue weighted by Gasteiger charge is 2.37. The van der Waals surface area contributed by atoms with Crippen molar-refractivity contribution in [1.82, 2.24) is 4.90 Å².